The van der Waals surface area contributed by atoms with Crippen LogP contribution in [-0.4, -0.2) is 56.5 Å². The second kappa shape index (κ2) is 11.2. The van der Waals surface area contributed by atoms with E-state index in [1.54, 1.807) is 43.5 Å². The van der Waals surface area contributed by atoms with Crippen LogP contribution in [0.2, 0.25) is 0 Å². The van der Waals surface area contributed by atoms with Crippen molar-refractivity contribution in [2.75, 3.05) is 25.1 Å². The van der Waals surface area contributed by atoms with Gasteiger partial charge in [-0.1, -0.05) is 12.1 Å². The summed E-state index contributed by atoms with van der Waals surface area (Å²) in [4.78, 5) is 28.9. The van der Waals surface area contributed by atoms with Crippen molar-refractivity contribution in [3.05, 3.63) is 40.9 Å². The number of amides is 1. The molecular formula is C24H30N2O7S2. The zero-order valence-corrected chi connectivity index (χ0v) is 21.4. The van der Waals surface area contributed by atoms with Gasteiger partial charge in [-0.3, -0.25) is 14.9 Å². The molecule has 1 aliphatic heterocycles. The fourth-order valence-corrected chi connectivity index (χ4v) is 6.35. The van der Waals surface area contributed by atoms with Crippen LogP contribution >= 0.6 is 11.3 Å². The van der Waals surface area contributed by atoms with Crippen LogP contribution in [0.3, 0.4) is 0 Å². The van der Waals surface area contributed by atoms with Crippen molar-refractivity contribution in [3.63, 3.8) is 0 Å². The van der Waals surface area contributed by atoms with Crippen molar-refractivity contribution >= 4 is 38.2 Å². The number of ether oxygens (including phenoxy) is 3. The number of nitrogens with one attached hydrogen (secondary N) is 1. The molecule has 1 saturated carbocycles. The number of rotatable bonds is 10. The monoisotopic (exact) mass is 522 g/mol. The van der Waals surface area contributed by atoms with E-state index in [1.807, 2.05) is 0 Å². The number of hydrogen-bond acceptors (Lipinski definition) is 9. The van der Waals surface area contributed by atoms with E-state index in [1.165, 1.54) is 11.3 Å². The number of aromatic nitrogens is 1. The fraction of sp³-hybridized carbons (Fsp3) is 0.542. The Kier molecular flexibility index (Phi) is 8.20. The molecule has 1 aromatic heterocycles. The number of anilines is 1. The summed E-state index contributed by atoms with van der Waals surface area (Å²) >= 11 is 1.24. The van der Waals surface area contributed by atoms with E-state index < -0.39 is 15.8 Å². The van der Waals surface area contributed by atoms with E-state index in [2.05, 4.69) is 10.3 Å². The highest BCUT2D eigenvalue weighted by atomic mass is 32.2. The molecule has 1 aliphatic carbocycles. The average Bonchev–Trinajstić information content (AvgIpc) is 3.63. The minimum atomic E-state index is -3.22. The molecule has 2 fully saturated rings. The standard InChI is InChI=1S/C24H30N2O7S2/c1-3-31-23(28)15(2)20-14-34-24(25-20)26-22(27)13-33-17-10-11-32-21(12-17)16-4-6-18(7-5-16)35(29,30)19-8-9-19/h4-7,14-15,17,19,21H,3,8-13H2,1-2H3,(H,25,26,27). The summed E-state index contributed by atoms with van der Waals surface area (Å²) in [5.41, 5.74) is 1.44. The Morgan fingerprint density at radius 2 is 1.97 bits per heavy atom. The van der Waals surface area contributed by atoms with Crippen LogP contribution in [-0.2, 0) is 33.6 Å². The second-order valence-electron chi connectivity index (χ2n) is 8.73. The van der Waals surface area contributed by atoms with Crippen molar-refractivity contribution in [1.29, 1.82) is 0 Å². The van der Waals surface area contributed by atoms with Gasteiger partial charge in [-0.25, -0.2) is 13.4 Å². The molecule has 1 amide bonds. The summed E-state index contributed by atoms with van der Waals surface area (Å²) in [7, 11) is -3.22. The van der Waals surface area contributed by atoms with Crippen LogP contribution in [0.4, 0.5) is 5.13 Å². The van der Waals surface area contributed by atoms with Crippen LogP contribution in [0.5, 0.6) is 0 Å². The summed E-state index contributed by atoms with van der Waals surface area (Å²) in [6, 6.07) is 6.89. The van der Waals surface area contributed by atoms with Crippen LogP contribution in [0.15, 0.2) is 34.5 Å². The fourth-order valence-electron chi connectivity index (χ4n) is 3.87. The first-order chi connectivity index (χ1) is 16.8. The zero-order valence-electron chi connectivity index (χ0n) is 19.8. The maximum Gasteiger partial charge on any atom is 0.314 e. The molecule has 11 heteroatoms. The topological polar surface area (TPSA) is 121 Å². The van der Waals surface area contributed by atoms with E-state index in [4.69, 9.17) is 14.2 Å². The Balaban J connectivity index is 1.26. The maximum atomic E-state index is 12.4. The Hall–Kier alpha value is -2.34. The van der Waals surface area contributed by atoms with Crippen molar-refractivity contribution < 1.29 is 32.2 Å². The van der Waals surface area contributed by atoms with Crippen LogP contribution < -0.4 is 5.32 Å². The summed E-state index contributed by atoms with van der Waals surface area (Å²) in [6.45, 7) is 4.12. The lowest BCUT2D eigenvalue weighted by atomic mass is 9.99. The predicted octanol–water partition coefficient (Wildman–Crippen LogP) is 3.62. The third-order valence-electron chi connectivity index (χ3n) is 6.08. The second-order valence-corrected chi connectivity index (χ2v) is 11.8. The highest BCUT2D eigenvalue weighted by molar-refractivity contribution is 7.92. The van der Waals surface area contributed by atoms with Gasteiger partial charge in [0.05, 0.1) is 40.6 Å². The number of carbonyl (C=O) groups excluding carboxylic acids is 2. The molecule has 2 aromatic rings. The largest absolute Gasteiger partial charge is 0.465 e. The first kappa shape index (κ1) is 25.7. The summed E-state index contributed by atoms with van der Waals surface area (Å²) in [5, 5.41) is 4.60. The lowest BCUT2D eigenvalue weighted by Crippen LogP contribution is -2.29. The first-order valence-corrected chi connectivity index (χ1v) is 14.2. The first-order valence-electron chi connectivity index (χ1n) is 11.8. The number of thiazole rings is 1. The molecule has 9 nitrogen and oxygen atoms in total. The molecule has 2 aliphatic rings. The van der Waals surface area contributed by atoms with Gasteiger partial charge in [0.1, 0.15) is 6.61 Å². The highest BCUT2D eigenvalue weighted by Gasteiger charge is 2.37. The molecule has 0 spiro atoms. The Morgan fingerprint density at radius 3 is 2.66 bits per heavy atom. The predicted molar refractivity (Wildman–Crippen MR) is 130 cm³/mol. The molecule has 2 heterocycles. The van der Waals surface area contributed by atoms with E-state index in [0.29, 0.717) is 41.8 Å². The molecule has 3 unspecified atom stereocenters. The number of sulfone groups is 1. The Labute approximate surface area is 209 Å². The van der Waals surface area contributed by atoms with Gasteiger partial charge >= 0.3 is 5.97 Å². The SMILES string of the molecule is CCOC(=O)C(C)c1csc(NC(=O)COC2CCOC(c3ccc(S(=O)(=O)C4CC4)cc3)C2)n1. The molecule has 190 valence electrons. The van der Waals surface area contributed by atoms with Gasteiger partial charge < -0.3 is 14.2 Å². The molecule has 1 N–H and O–H groups in total. The molecular weight excluding hydrogens is 492 g/mol. The average molecular weight is 523 g/mol. The van der Waals surface area contributed by atoms with E-state index in [-0.39, 0.29) is 35.9 Å². The summed E-state index contributed by atoms with van der Waals surface area (Å²) < 4.78 is 41.5. The van der Waals surface area contributed by atoms with Gasteiger partial charge in [0.15, 0.2) is 15.0 Å². The lowest BCUT2D eigenvalue weighted by molar-refractivity contribution is -0.144. The van der Waals surface area contributed by atoms with Crippen molar-refractivity contribution in [3.8, 4) is 0 Å². The molecule has 1 saturated heterocycles. The van der Waals surface area contributed by atoms with Gasteiger partial charge in [-0.15, -0.1) is 11.3 Å². The highest BCUT2D eigenvalue weighted by Crippen LogP contribution is 2.35. The third kappa shape index (κ3) is 6.46. The third-order valence-corrected chi connectivity index (χ3v) is 9.14. The van der Waals surface area contributed by atoms with Gasteiger partial charge in [-0.05, 0) is 50.8 Å². The zero-order chi connectivity index (χ0) is 25.0. The van der Waals surface area contributed by atoms with Crippen LogP contribution in [0, 0.1) is 0 Å². The summed E-state index contributed by atoms with van der Waals surface area (Å²) in [5.74, 6) is -1.19. The van der Waals surface area contributed by atoms with Gasteiger partial charge in [0.2, 0.25) is 0 Å². The van der Waals surface area contributed by atoms with E-state index in [0.717, 1.165) is 18.4 Å². The lowest BCUT2D eigenvalue weighted by Gasteiger charge is -2.29. The van der Waals surface area contributed by atoms with Crippen molar-refractivity contribution in [1.82, 2.24) is 4.98 Å². The molecule has 1 aromatic carbocycles. The van der Waals surface area contributed by atoms with Gasteiger partial charge in [0.25, 0.3) is 5.91 Å². The number of esters is 1. The normalized spacial score (nSPS) is 21.3. The molecule has 0 radical (unpaired) electrons. The Morgan fingerprint density at radius 1 is 1.23 bits per heavy atom. The number of carbonyl (C=O) groups is 2. The molecule has 3 atom stereocenters. The van der Waals surface area contributed by atoms with Gasteiger partial charge in [-0.2, -0.15) is 0 Å². The Bertz CT molecular complexity index is 1140. The summed E-state index contributed by atoms with van der Waals surface area (Å²) in [6.07, 6.45) is 2.32. The quantitative estimate of drug-likeness (QED) is 0.470. The maximum absolute atomic E-state index is 12.4. The minimum absolute atomic E-state index is 0.127. The van der Waals surface area contributed by atoms with Crippen molar-refractivity contribution in [2.45, 2.75) is 67.8 Å². The minimum Gasteiger partial charge on any atom is -0.465 e. The van der Waals surface area contributed by atoms with Crippen LogP contribution in [0.1, 0.15) is 62.8 Å². The van der Waals surface area contributed by atoms with Gasteiger partial charge in [0, 0.05) is 18.4 Å². The molecule has 35 heavy (non-hydrogen) atoms. The van der Waals surface area contributed by atoms with Crippen molar-refractivity contribution in [2.24, 2.45) is 0 Å². The smallest absolute Gasteiger partial charge is 0.314 e. The number of benzene rings is 1. The van der Waals surface area contributed by atoms with E-state index >= 15 is 0 Å². The molecule has 0 bridgehead atoms. The van der Waals surface area contributed by atoms with Crippen LogP contribution in [0.25, 0.3) is 0 Å². The molecule has 4 rings (SSSR count). The van der Waals surface area contributed by atoms with E-state index in [9.17, 15) is 18.0 Å². The number of nitrogens with zero attached hydrogens (tertiary/aromatic N) is 1. The number of hydrogen-bond donors (Lipinski definition) is 1.